The Morgan fingerprint density at radius 1 is 1.06 bits per heavy atom. The van der Waals surface area contributed by atoms with Gasteiger partial charge in [-0.1, -0.05) is 23.2 Å². The van der Waals surface area contributed by atoms with Crippen LogP contribution in [0.25, 0.3) is 0 Å². The number of rotatable bonds is 2. The molecule has 0 fully saturated rings. The van der Waals surface area contributed by atoms with Gasteiger partial charge in [0.25, 0.3) is 0 Å². The van der Waals surface area contributed by atoms with E-state index in [4.69, 9.17) is 27.9 Å². The highest BCUT2D eigenvalue weighted by atomic mass is 35.5. The molecule has 0 radical (unpaired) electrons. The smallest absolute Gasteiger partial charge is 0.219 e. The number of ether oxygens (including phenoxy) is 1. The molecule has 1 aromatic carbocycles. The van der Waals surface area contributed by atoms with Gasteiger partial charge in [-0.05, 0) is 36.8 Å². The summed E-state index contributed by atoms with van der Waals surface area (Å²) in [6.07, 6.45) is 1.54. The number of pyridine rings is 1. The molecule has 0 aliphatic carbocycles. The lowest BCUT2D eigenvalue weighted by Gasteiger charge is -2.07. The van der Waals surface area contributed by atoms with Crippen LogP contribution < -0.4 is 4.74 Å². The van der Waals surface area contributed by atoms with Gasteiger partial charge in [0.1, 0.15) is 5.75 Å². The Morgan fingerprint density at radius 2 is 1.81 bits per heavy atom. The molecule has 4 heteroatoms. The predicted molar refractivity (Wildman–Crippen MR) is 65.5 cm³/mol. The molecule has 1 heterocycles. The second-order valence-electron chi connectivity index (χ2n) is 3.33. The average molecular weight is 254 g/mol. The first-order chi connectivity index (χ1) is 7.65. The average Bonchev–Trinajstić information content (AvgIpc) is 2.25. The van der Waals surface area contributed by atoms with Crippen molar-refractivity contribution in [3.8, 4) is 11.6 Å². The molecule has 82 valence electrons. The number of aromatic nitrogens is 1. The van der Waals surface area contributed by atoms with Gasteiger partial charge in [-0.3, -0.25) is 0 Å². The quantitative estimate of drug-likeness (QED) is 0.787. The molecule has 0 saturated heterocycles. The molecule has 0 aliphatic rings. The van der Waals surface area contributed by atoms with Crippen LogP contribution in [0.1, 0.15) is 5.56 Å². The van der Waals surface area contributed by atoms with Crippen LogP contribution in [-0.4, -0.2) is 4.98 Å². The first kappa shape index (κ1) is 11.2. The summed E-state index contributed by atoms with van der Waals surface area (Å²) in [5.41, 5.74) is 0.962. The molecule has 0 bridgehead atoms. The molecule has 0 unspecified atom stereocenters. The van der Waals surface area contributed by atoms with Gasteiger partial charge in [0.2, 0.25) is 5.88 Å². The second kappa shape index (κ2) is 4.73. The summed E-state index contributed by atoms with van der Waals surface area (Å²) in [6, 6.07) is 8.88. The highest BCUT2D eigenvalue weighted by molar-refractivity contribution is 6.30. The van der Waals surface area contributed by atoms with Crippen LogP contribution in [-0.2, 0) is 0 Å². The highest BCUT2D eigenvalue weighted by Crippen LogP contribution is 2.26. The van der Waals surface area contributed by atoms with E-state index in [-0.39, 0.29) is 0 Å². The Morgan fingerprint density at radius 3 is 2.44 bits per heavy atom. The molecule has 0 aliphatic heterocycles. The van der Waals surface area contributed by atoms with Crippen molar-refractivity contribution in [1.82, 2.24) is 4.98 Å². The summed E-state index contributed by atoms with van der Waals surface area (Å²) in [4.78, 5) is 4.05. The van der Waals surface area contributed by atoms with Crippen molar-refractivity contribution in [2.24, 2.45) is 0 Å². The lowest BCUT2D eigenvalue weighted by molar-refractivity contribution is 0.459. The molecular weight excluding hydrogens is 245 g/mol. The minimum Gasteiger partial charge on any atom is -0.439 e. The SMILES string of the molecule is Cc1cc(Cl)ccc1Oc1ccc(Cl)cn1. The first-order valence-corrected chi connectivity index (χ1v) is 5.46. The third kappa shape index (κ3) is 2.65. The van der Waals surface area contributed by atoms with Gasteiger partial charge < -0.3 is 4.74 Å². The van der Waals surface area contributed by atoms with Crippen LogP contribution in [0.15, 0.2) is 36.5 Å². The second-order valence-corrected chi connectivity index (χ2v) is 4.20. The zero-order valence-corrected chi connectivity index (χ0v) is 10.1. The molecule has 1 aromatic heterocycles. The van der Waals surface area contributed by atoms with Crippen LogP contribution in [0, 0.1) is 6.92 Å². The molecular formula is C12H9Cl2NO. The summed E-state index contributed by atoms with van der Waals surface area (Å²) in [7, 11) is 0. The number of halogens is 2. The van der Waals surface area contributed by atoms with Crippen LogP contribution >= 0.6 is 23.2 Å². The maximum atomic E-state index is 5.85. The van der Waals surface area contributed by atoms with Crippen LogP contribution in [0.2, 0.25) is 10.0 Å². The van der Waals surface area contributed by atoms with E-state index in [0.29, 0.717) is 15.9 Å². The van der Waals surface area contributed by atoms with Crippen LogP contribution in [0.5, 0.6) is 11.6 Å². The number of benzene rings is 1. The summed E-state index contributed by atoms with van der Waals surface area (Å²) in [5.74, 6) is 1.24. The maximum Gasteiger partial charge on any atom is 0.219 e. The Labute approximate surface area is 104 Å². The molecule has 0 spiro atoms. The van der Waals surface area contributed by atoms with E-state index in [1.165, 1.54) is 0 Å². The van der Waals surface area contributed by atoms with Crippen molar-refractivity contribution < 1.29 is 4.74 Å². The van der Waals surface area contributed by atoms with Crippen molar-refractivity contribution in [3.05, 3.63) is 52.1 Å². The largest absolute Gasteiger partial charge is 0.439 e. The highest BCUT2D eigenvalue weighted by Gasteiger charge is 2.02. The van der Waals surface area contributed by atoms with E-state index < -0.39 is 0 Å². The van der Waals surface area contributed by atoms with Crippen molar-refractivity contribution in [1.29, 1.82) is 0 Å². The zero-order valence-electron chi connectivity index (χ0n) is 8.58. The summed E-state index contributed by atoms with van der Waals surface area (Å²) in [5, 5.41) is 1.27. The van der Waals surface area contributed by atoms with E-state index in [1.807, 2.05) is 19.1 Å². The normalized spacial score (nSPS) is 10.2. The monoisotopic (exact) mass is 253 g/mol. The van der Waals surface area contributed by atoms with E-state index >= 15 is 0 Å². The minimum absolute atomic E-state index is 0.509. The van der Waals surface area contributed by atoms with E-state index in [2.05, 4.69) is 4.98 Å². The van der Waals surface area contributed by atoms with E-state index in [9.17, 15) is 0 Å². The van der Waals surface area contributed by atoms with E-state index in [0.717, 1.165) is 11.3 Å². The predicted octanol–water partition coefficient (Wildman–Crippen LogP) is 4.49. The Kier molecular flexibility index (Phi) is 3.32. The van der Waals surface area contributed by atoms with Gasteiger partial charge in [-0.2, -0.15) is 0 Å². The maximum absolute atomic E-state index is 5.85. The Hall–Kier alpha value is -1.25. The van der Waals surface area contributed by atoms with Crippen LogP contribution in [0.4, 0.5) is 0 Å². The van der Waals surface area contributed by atoms with Crippen molar-refractivity contribution in [2.45, 2.75) is 6.92 Å². The number of hydrogen-bond acceptors (Lipinski definition) is 2. The van der Waals surface area contributed by atoms with Gasteiger partial charge in [0, 0.05) is 17.3 Å². The topological polar surface area (TPSA) is 22.1 Å². The Balaban J connectivity index is 2.23. The molecule has 2 nitrogen and oxygen atoms in total. The summed E-state index contributed by atoms with van der Waals surface area (Å²) in [6.45, 7) is 1.93. The summed E-state index contributed by atoms with van der Waals surface area (Å²) < 4.78 is 5.59. The number of aryl methyl sites for hydroxylation is 1. The fourth-order valence-corrected chi connectivity index (χ4v) is 1.60. The zero-order chi connectivity index (χ0) is 11.5. The first-order valence-electron chi connectivity index (χ1n) is 4.71. The third-order valence-electron chi connectivity index (χ3n) is 2.05. The molecule has 0 atom stereocenters. The molecule has 16 heavy (non-hydrogen) atoms. The lowest BCUT2D eigenvalue weighted by Crippen LogP contribution is -1.89. The van der Waals surface area contributed by atoms with Crippen LogP contribution in [0.3, 0.4) is 0 Å². The van der Waals surface area contributed by atoms with Gasteiger partial charge >= 0.3 is 0 Å². The van der Waals surface area contributed by atoms with Crippen molar-refractivity contribution in [2.75, 3.05) is 0 Å². The fraction of sp³-hybridized carbons (Fsp3) is 0.0833. The molecule has 0 amide bonds. The van der Waals surface area contributed by atoms with Gasteiger partial charge in [0.15, 0.2) is 0 Å². The third-order valence-corrected chi connectivity index (χ3v) is 2.51. The molecule has 2 aromatic rings. The van der Waals surface area contributed by atoms with Crippen molar-refractivity contribution in [3.63, 3.8) is 0 Å². The molecule has 2 rings (SSSR count). The Bertz CT molecular complexity index is 497. The molecule has 0 N–H and O–H groups in total. The lowest BCUT2D eigenvalue weighted by atomic mass is 10.2. The van der Waals surface area contributed by atoms with Crippen molar-refractivity contribution >= 4 is 23.2 Å². The molecule has 0 saturated carbocycles. The van der Waals surface area contributed by atoms with Gasteiger partial charge in [-0.15, -0.1) is 0 Å². The standard InChI is InChI=1S/C12H9Cl2NO/c1-8-6-9(13)2-4-11(8)16-12-5-3-10(14)7-15-12/h2-7H,1H3. The number of hydrogen-bond donors (Lipinski definition) is 0. The van der Waals surface area contributed by atoms with Gasteiger partial charge in [-0.25, -0.2) is 4.98 Å². The van der Waals surface area contributed by atoms with Gasteiger partial charge in [0.05, 0.1) is 5.02 Å². The van der Waals surface area contributed by atoms with E-state index in [1.54, 1.807) is 24.4 Å². The number of nitrogens with zero attached hydrogens (tertiary/aromatic N) is 1. The summed E-state index contributed by atoms with van der Waals surface area (Å²) >= 11 is 11.6. The minimum atomic E-state index is 0.509. The fourth-order valence-electron chi connectivity index (χ4n) is 1.26.